The number of ether oxygens (including phenoxy) is 1. The maximum Gasteiger partial charge on any atom is 0.338 e. The maximum atomic E-state index is 13.0. The predicted molar refractivity (Wildman–Crippen MR) is 123 cm³/mol. The summed E-state index contributed by atoms with van der Waals surface area (Å²) in [5.74, 6) is -0.0424. The van der Waals surface area contributed by atoms with Crippen molar-refractivity contribution in [2.45, 2.75) is 45.6 Å². The first-order chi connectivity index (χ1) is 15.1. The lowest BCUT2D eigenvalue weighted by atomic mass is 9.94. The van der Waals surface area contributed by atoms with Crippen molar-refractivity contribution in [2.75, 3.05) is 24.5 Å². The van der Waals surface area contributed by atoms with Crippen molar-refractivity contribution in [3.8, 4) is 0 Å². The lowest BCUT2D eigenvalue weighted by molar-refractivity contribution is -0.116. The van der Waals surface area contributed by atoms with E-state index in [0.29, 0.717) is 42.3 Å². The molecule has 0 radical (unpaired) electrons. The fourth-order valence-electron chi connectivity index (χ4n) is 3.92. The lowest BCUT2D eigenvalue weighted by Crippen LogP contribution is -2.42. The molecule has 0 aliphatic carbocycles. The smallest absolute Gasteiger partial charge is 0.338 e. The van der Waals surface area contributed by atoms with Crippen LogP contribution in [-0.4, -0.2) is 49.2 Å². The van der Waals surface area contributed by atoms with Gasteiger partial charge in [0.25, 0.3) is 0 Å². The highest BCUT2D eigenvalue weighted by Crippen LogP contribution is 2.27. The number of esters is 1. The second-order valence-corrected chi connectivity index (χ2v) is 11.0. The topological polar surface area (TPSA) is 96.9 Å². The Morgan fingerprint density at radius 1 is 1.19 bits per heavy atom. The van der Waals surface area contributed by atoms with Crippen LogP contribution in [-0.2, 0) is 26.2 Å². The second-order valence-electron chi connectivity index (χ2n) is 8.25. The Morgan fingerprint density at radius 3 is 2.38 bits per heavy atom. The summed E-state index contributed by atoms with van der Waals surface area (Å²) < 4.78 is 32.8. The summed E-state index contributed by atoms with van der Waals surface area (Å²) in [6.45, 7) is 8.93. The number of hydrogen-bond donors (Lipinski definition) is 0. The van der Waals surface area contributed by atoms with Gasteiger partial charge in [-0.2, -0.15) is 4.31 Å². The Balaban J connectivity index is 1.63. The van der Waals surface area contributed by atoms with Crippen molar-refractivity contribution in [3.05, 3.63) is 40.9 Å². The van der Waals surface area contributed by atoms with Gasteiger partial charge < -0.3 is 4.74 Å². The van der Waals surface area contributed by atoms with E-state index in [1.54, 1.807) is 10.3 Å². The minimum Gasteiger partial charge on any atom is -0.456 e. The molecule has 10 heteroatoms. The average molecular weight is 480 g/mol. The summed E-state index contributed by atoms with van der Waals surface area (Å²) in [7, 11) is -3.60. The van der Waals surface area contributed by atoms with Crippen molar-refractivity contribution in [1.82, 2.24) is 9.29 Å². The highest BCUT2D eigenvalue weighted by atomic mass is 32.2. The molecule has 1 fully saturated rings. The zero-order valence-corrected chi connectivity index (χ0v) is 20.4. The number of benzene rings is 1. The van der Waals surface area contributed by atoms with E-state index in [0.717, 1.165) is 6.42 Å². The Bertz CT molecular complexity index is 1060. The van der Waals surface area contributed by atoms with Gasteiger partial charge >= 0.3 is 5.97 Å². The Morgan fingerprint density at radius 2 is 1.81 bits per heavy atom. The number of piperidine rings is 1. The first-order valence-corrected chi connectivity index (χ1v) is 12.9. The molecule has 1 amide bonds. The summed E-state index contributed by atoms with van der Waals surface area (Å²) >= 11 is 1.31. The molecular weight excluding hydrogens is 450 g/mol. The van der Waals surface area contributed by atoms with Gasteiger partial charge in [0.15, 0.2) is 5.13 Å². The van der Waals surface area contributed by atoms with Gasteiger partial charge in [-0.1, -0.05) is 13.8 Å². The predicted octanol–water partition coefficient (Wildman–Crippen LogP) is 3.54. The molecule has 1 aromatic heterocycles. The molecule has 2 heterocycles. The number of hydrogen-bond acceptors (Lipinski definition) is 7. The molecule has 3 rings (SSSR count). The number of nitrogens with zero attached hydrogens (tertiary/aromatic N) is 3. The third-order valence-corrected chi connectivity index (χ3v) is 8.14. The summed E-state index contributed by atoms with van der Waals surface area (Å²) in [5, 5.41) is 2.30. The van der Waals surface area contributed by atoms with E-state index in [-0.39, 0.29) is 23.0 Å². The molecule has 1 aliphatic heterocycles. The highest BCUT2D eigenvalue weighted by Gasteiger charge is 2.31. The van der Waals surface area contributed by atoms with Crippen LogP contribution in [0.15, 0.2) is 34.5 Å². The largest absolute Gasteiger partial charge is 0.456 e. The van der Waals surface area contributed by atoms with Crippen LogP contribution >= 0.6 is 11.3 Å². The standard InChI is InChI=1S/C22H29N3O5S2/c1-5-25(17(4)26)22-23-19(14-31-22)13-30-21(27)18-6-8-20(9-7-18)32(28,29)24-11-15(2)10-16(3)12-24/h6-9,14-16H,5,10-13H2,1-4H3. The van der Waals surface area contributed by atoms with Gasteiger partial charge in [0.1, 0.15) is 6.61 Å². The molecule has 0 spiro atoms. The fraction of sp³-hybridized carbons (Fsp3) is 0.500. The number of carbonyl (C=O) groups is 2. The molecule has 2 aromatic rings. The van der Waals surface area contributed by atoms with Crippen LogP contribution in [0.5, 0.6) is 0 Å². The maximum absolute atomic E-state index is 13.0. The third-order valence-electron chi connectivity index (χ3n) is 5.38. The number of amides is 1. The quantitative estimate of drug-likeness (QED) is 0.564. The minimum atomic E-state index is -3.60. The molecule has 2 atom stereocenters. The molecule has 0 N–H and O–H groups in total. The van der Waals surface area contributed by atoms with Crippen molar-refractivity contribution in [1.29, 1.82) is 0 Å². The third kappa shape index (κ3) is 5.54. The van der Waals surface area contributed by atoms with Crippen LogP contribution in [0.3, 0.4) is 0 Å². The fourth-order valence-corrected chi connectivity index (χ4v) is 6.51. The van der Waals surface area contributed by atoms with Crippen LogP contribution in [0.4, 0.5) is 5.13 Å². The van der Waals surface area contributed by atoms with Gasteiger partial charge in [-0.3, -0.25) is 9.69 Å². The Kier molecular flexibility index (Phi) is 7.68. The number of rotatable bonds is 7. The molecule has 0 bridgehead atoms. The van der Waals surface area contributed by atoms with Gasteiger partial charge in [0.05, 0.1) is 16.2 Å². The van der Waals surface area contributed by atoms with Gasteiger partial charge in [-0.25, -0.2) is 18.2 Å². The van der Waals surface area contributed by atoms with E-state index in [9.17, 15) is 18.0 Å². The van der Waals surface area contributed by atoms with Gasteiger partial charge in [-0.05, 0) is 49.4 Å². The van der Waals surface area contributed by atoms with E-state index < -0.39 is 16.0 Å². The summed E-state index contributed by atoms with van der Waals surface area (Å²) in [6, 6.07) is 5.83. The molecule has 8 nitrogen and oxygen atoms in total. The van der Waals surface area contributed by atoms with Gasteiger partial charge in [0.2, 0.25) is 15.9 Å². The SMILES string of the molecule is CCN(C(C)=O)c1nc(COC(=O)c2ccc(S(=O)(=O)N3CC(C)CC(C)C3)cc2)cs1. The molecule has 2 unspecified atom stereocenters. The lowest BCUT2D eigenvalue weighted by Gasteiger charge is -2.34. The summed E-state index contributed by atoms with van der Waals surface area (Å²) in [5.41, 5.74) is 0.810. The van der Waals surface area contributed by atoms with Gasteiger partial charge in [0, 0.05) is 31.9 Å². The molecule has 32 heavy (non-hydrogen) atoms. The van der Waals surface area contributed by atoms with Crippen molar-refractivity contribution < 1.29 is 22.7 Å². The molecular formula is C22H29N3O5S2. The van der Waals surface area contributed by atoms with Crippen molar-refractivity contribution in [3.63, 3.8) is 0 Å². The Hall–Kier alpha value is -2.30. The molecule has 1 aliphatic rings. The first-order valence-electron chi connectivity index (χ1n) is 10.6. The van der Waals surface area contributed by atoms with Crippen LogP contribution in [0.25, 0.3) is 0 Å². The monoisotopic (exact) mass is 479 g/mol. The zero-order chi connectivity index (χ0) is 23.5. The summed E-state index contributed by atoms with van der Waals surface area (Å²) in [6.07, 6.45) is 1.02. The van der Waals surface area contributed by atoms with E-state index in [1.165, 1.54) is 46.8 Å². The van der Waals surface area contributed by atoms with Gasteiger partial charge in [-0.15, -0.1) is 11.3 Å². The van der Waals surface area contributed by atoms with Crippen molar-refractivity contribution in [2.24, 2.45) is 11.8 Å². The van der Waals surface area contributed by atoms with Crippen LogP contribution in [0.2, 0.25) is 0 Å². The molecule has 1 aromatic carbocycles. The zero-order valence-electron chi connectivity index (χ0n) is 18.8. The molecule has 174 valence electrons. The second kappa shape index (κ2) is 10.1. The van der Waals surface area contributed by atoms with E-state index in [1.807, 2.05) is 6.92 Å². The van der Waals surface area contributed by atoms with Crippen LogP contribution in [0, 0.1) is 11.8 Å². The van der Waals surface area contributed by atoms with E-state index >= 15 is 0 Å². The number of anilines is 1. The van der Waals surface area contributed by atoms with E-state index in [2.05, 4.69) is 18.8 Å². The highest BCUT2D eigenvalue weighted by molar-refractivity contribution is 7.89. The number of thiazole rings is 1. The molecule has 1 saturated heterocycles. The van der Waals surface area contributed by atoms with Crippen LogP contribution < -0.4 is 4.90 Å². The summed E-state index contributed by atoms with van der Waals surface area (Å²) in [4.78, 5) is 30.1. The Labute approximate surface area is 193 Å². The average Bonchev–Trinajstić information content (AvgIpc) is 3.20. The normalized spacial score (nSPS) is 19.5. The molecule has 0 saturated carbocycles. The van der Waals surface area contributed by atoms with Crippen molar-refractivity contribution >= 4 is 38.4 Å². The van der Waals surface area contributed by atoms with Crippen LogP contribution in [0.1, 0.15) is 50.2 Å². The minimum absolute atomic E-state index is 0.0333. The number of aromatic nitrogens is 1. The first kappa shape index (κ1) is 24.3. The number of carbonyl (C=O) groups excluding carboxylic acids is 2. The van der Waals surface area contributed by atoms with E-state index in [4.69, 9.17) is 4.74 Å². The number of sulfonamides is 1.